The highest BCUT2D eigenvalue weighted by molar-refractivity contribution is 7.13. The second-order valence-corrected chi connectivity index (χ2v) is 7.13. The first kappa shape index (κ1) is 18.2. The zero-order chi connectivity index (χ0) is 18.9. The van der Waals surface area contributed by atoms with E-state index in [2.05, 4.69) is 17.0 Å². The molecule has 9 heteroatoms. The zero-order valence-corrected chi connectivity index (χ0v) is 14.9. The zero-order valence-electron chi connectivity index (χ0n) is 14.1. The number of nitrogens with one attached hydrogen (secondary N) is 1. The van der Waals surface area contributed by atoms with Crippen molar-refractivity contribution in [3.8, 4) is 10.6 Å². The number of alkyl halides is 2. The molecule has 2 amide bonds. The van der Waals surface area contributed by atoms with Crippen LogP contribution in [0.5, 0.6) is 0 Å². The second-order valence-electron chi connectivity index (χ2n) is 6.18. The van der Waals surface area contributed by atoms with Crippen LogP contribution in [0.15, 0.2) is 36.2 Å². The van der Waals surface area contributed by atoms with Gasteiger partial charge in [0.15, 0.2) is 0 Å². The van der Waals surface area contributed by atoms with E-state index in [0.29, 0.717) is 11.5 Å². The lowest BCUT2D eigenvalue weighted by molar-refractivity contribution is -0.145. The van der Waals surface area contributed by atoms with Crippen molar-refractivity contribution in [2.45, 2.75) is 12.3 Å². The number of nitrogens with zero attached hydrogens (tertiary/aromatic N) is 3. The Balaban J connectivity index is 1.75. The molecule has 0 radical (unpaired) electrons. The third kappa shape index (κ3) is 3.82. The Hall–Kier alpha value is -2.55. The molecule has 1 N–H and O–H groups in total. The molecule has 0 aromatic carbocycles. The number of piperidine rings is 1. The first-order valence-corrected chi connectivity index (χ1v) is 8.85. The summed E-state index contributed by atoms with van der Waals surface area (Å²) in [4.78, 5) is 26.1. The van der Waals surface area contributed by atoms with Gasteiger partial charge in [0.2, 0.25) is 11.8 Å². The Morgan fingerprint density at radius 3 is 2.92 bits per heavy atom. The fourth-order valence-corrected chi connectivity index (χ4v) is 3.61. The van der Waals surface area contributed by atoms with Crippen LogP contribution in [-0.2, 0) is 16.6 Å². The molecule has 6 nitrogen and oxygen atoms in total. The molecule has 0 aliphatic carbocycles. The summed E-state index contributed by atoms with van der Waals surface area (Å²) in [5.41, 5.74) is 0.690. The van der Waals surface area contributed by atoms with Crippen LogP contribution in [0.4, 0.5) is 14.6 Å². The van der Waals surface area contributed by atoms with Crippen LogP contribution < -0.4 is 5.32 Å². The summed E-state index contributed by atoms with van der Waals surface area (Å²) in [6.07, 6.45) is 0.375. The predicted molar refractivity (Wildman–Crippen MR) is 95.0 cm³/mol. The molecule has 1 atom stereocenters. The minimum atomic E-state index is -3.12. The number of anilines is 1. The maximum Gasteiger partial charge on any atom is 0.266 e. The van der Waals surface area contributed by atoms with Crippen LogP contribution >= 0.6 is 11.3 Å². The van der Waals surface area contributed by atoms with Crippen LogP contribution in [0.25, 0.3) is 10.6 Å². The topological polar surface area (TPSA) is 67.2 Å². The highest BCUT2D eigenvalue weighted by atomic mass is 32.1. The molecule has 1 saturated heterocycles. The summed E-state index contributed by atoms with van der Waals surface area (Å²) in [6.45, 7) is 2.55. The largest absolute Gasteiger partial charge is 0.332 e. The lowest BCUT2D eigenvalue weighted by Crippen LogP contribution is -2.51. The molecule has 0 bridgehead atoms. The average molecular weight is 380 g/mol. The predicted octanol–water partition coefficient (Wildman–Crippen LogP) is 2.76. The van der Waals surface area contributed by atoms with E-state index in [9.17, 15) is 18.4 Å². The fourth-order valence-electron chi connectivity index (χ4n) is 2.93. The maximum absolute atomic E-state index is 13.9. The van der Waals surface area contributed by atoms with Crippen molar-refractivity contribution in [3.63, 3.8) is 0 Å². The van der Waals surface area contributed by atoms with Crippen molar-refractivity contribution in [3.05, 3.63) is 36.2 Å². The van der Waals surface area contributed by atoms with Gasteiger partial charge in [0.25, 0.3) is 5.92 Å². The number of halogens is 2. The normalized spacial score (nSPS) is 19.2. The Morgan fingerprint density at radius 1 is 1.50 bits per heavy atom. The van der Waals surface area contributed by atoms with Crippen LogP contribution in [0.1, 0.15) is 6.42 Å². The van der Waals surface area contributed by atoms with Crippen molar-refractivity contribution in [1.82, 2.24) is 14.7 Å². The minimum absolute atomic E-state index is 0.0675. The third-order valence-corrected chi connectivity index (χ3v) is 5.06. The van der Waals surface area contributed by atoms with E-state index in [0.717, 1.165) is 15.9 Å². The number of aromatic nitrogens is 2. The molecule has 3 heterocycles. The number of rotatable bonds is 4. The number of aryl methyl sites for hydroxylation is 1. The van der Waals surface area contributed by atoms with Gasteiger partial charge < -0.3 is 10.2 Å². The Kier molecular flexibility index (Phi) is 4.90. The Morgan fingerprint density at radius 2 is 2.27 bits per heavy atom. The van der Waals surface area contributed by atoms with E-state index in [1.54, 1.807) is 13.1 Å². The van der Waals surface area contributed by atoms with Gasteiger partial charge in [-0.05, 0) is 17.5 Å². The molecule has 2 aromatic rings. The van der Waals surface area contributed by atoms with Gasteiger partial charge in [-0.15, -0.1) is 11.3 Å². The summed E-state index contributed by atoms with van der Waals surface area (Å²) in [5, 5.41) is 8.88. The third-order valence-electron chi connectivity index (χ3n) is 4.17. The summed E-state index contributed by atoms with van der Waals surface area (Å²) in [5.74, 6) is -4.89. The van der Waals surface area contributed by atoms with Gasteiger partial charge in [-0.1, -0.05) is 12.6 Å². The summed E-state index contributed by atoms with van der Waals surface area (Å²) in [7, 11) is 1.66. The molecule has 26 heavy (non-hydrogen) atoms. The number of hydrogen-bond acceptors (Lipinski definition) is 4. The molecule has 1 unspecified atom stereocenters. The number of amides is 2. The highest BCUT2D eigenvalue weighted by Crippen LogP contribution is 2.32. The molecule has 1 aliphatic rings. The lowest BCUT2D eigenvalue weighted by atomic mass is 9.94. The van der Waals surface area contributed by atoms with Crippen LogP contribution in [-0.4, -0.2) is 45.5 Å². The fraction of sp³-hybridized carbons (Fsp3) is 0.353. The van der Waals surface area contributed by atoms with Gasteiger partial charge in [0.1, 0.15) is 11.5 Å². The average Bonchev–Trinajstić information content (AvgIpc) is 3.23. The van der Waals surface area contributed by atoms with Crippen molar-refractivity contribution < 1.29 is 18.4 Å². The Bertz CT molecular complexity index is 832. The smallest absolute Gasteiger partial charge is 0.266 e. The molecular formula is C17H18F2N4O2S. The van der Waals surface area contributed by atoms with Crippen LogP contribution in [0.2, 0.25) is 0 Å². The van der Waals surface area contributed by atoms with Gasteiger partial charge in [-0.25, -0.2) is 8.78 Å². The van der Waals surface area contributed by atoms with Crippen molar-refractivity contribution in [1.29, 1.82) is 0 Å². The van der Waals surface area contributed by atoms with Gasteiger partial charge in [0.05, 0.1) is 17.3 Å². The van der Waals surface area contributed by atoms with Crippen LogP contribution in [0, 0.1) is 5.92 Å². The van der Waals surface area contributed by atoms with Gasteiger partial charge >= 0.3 is 0 Å². The first-order chi connectivity index (χ1) is 12.3. The molecule has 1 fully saturated rings. The van der Waals surface area contributed by atoms with Gasteiger partial charge in [-0.2, -0.15) is 5.10 Å². The quantitative estimate of drug-likeness (QED) is 0.830. The van der Waals surface area contributed by atoms with Crippen molar-refractivity contribution in [2.75, 3.05) is 18.4 Å². The summed E-state index contributed by atoms with van der Waals surface area (Å²) < 4.78 is 29.4. The number of hydrogen-bond donors (Lipinski definition) is 1. The van der Waals surface area contributed by atoms with E-state index in [1.807, 2.05) is 17.5 Å². The second kappa shape index (κ2) is 6.99. The van der Waals surface area contributed by atoms with Gasteiger partial charge in [0, 0.05) is 26.1 Å². The summed E-state index contributed by atoms with van der Waals surface area (Å²) in [6, 6.07) is 5.48. The molecule has 3 rings (SSSR count). The number of likely N-dealkylation sites (tertiary alicyclic amines) is 1. The van der Waals surface area contributed by atoms with Gasteiger partial charge in [-0.3, -0.25) is 14.3 Å². The molecule has 0 saturated carbocycles. The van der Waals surface area contributed by atoms with Crippen LogP contribution in [0.3, 0.4) is 0 Å². The van der Waals surface area contributed by atoms with E-state index < -0.39 is 36.6 Å². The number of carbonyl (C=O) groups is 2. The highest BCUT2D eigenvalue weighted by Gasteiger charge is 2.44. The molecule has 2 aromatic heterocycles. The van der Waals surface area contributed by atoms with E-state index in [1.165, 1.54) is 16.0 Å². The molecule has 1 aliphatic heterocycles. The standard InChI is InChI=1S/C17H18F2N4O2S/c1-3-15(24)23-9-11(8-17(18,19)10-23)16(25)20-14-7-12(21-22(14)2)13-5-4-6-26-13/h3-7,11H,1,8-10H2,2H3,(H,20,25). The molecule has 0 spiro atoms. The van der Waals surface area contributed by atoms with E-state index in [-0.39, 0.29) is 6.54 Å². The van der Waals surface area contributed by atoms with Crippen molar-refractivity contribution >= 4 is 29.0 Å². The van der Waals surface area contributed by atoms with E-state index >= 15 is 0 Å². The maximum atomic E-state index is 13.9. The lowest BCUT2D eigenvalue weighted by Gasteiger charge is -2.36. The van der Waals surface area contributed by atoms with Crippen molar-refractivity contribution in [2.24, 2.45) is 13.0 Å². The monoisotopic (exact) mass is 380 g/mol. The minimum Gasteiger partial charge on any atom is -0.332 e. The molecule has 138 valence electrons. The first-order valence-electron chi connectivity index (χ1n) is 7.97. The number of carbonyl (C=O) groups excluding carboxylic acids is 2. The summed E-state index contributed by atoms with van der Waals surface area (Å²) >= 11 is 1.51. The number of thiophene rings is 1. The SMILES string of the molecule is C=CC(=O)N1CC(C(=O)Nc2cc(-c3cccs3)nn2C)CC(F)(F)C1. The Labute approximate surface area is 153 Å². The molecular weight excluding hydrogens is 362 g/mol. The van der Waals surface area contributed by atoms with E-state index in [4.69, 9.17) is 0 Å².